The van der Waals surface area contributed by atoms with Gasteiger partial charge in [0, 0.05) is 5.56 Å². The van der Waals surface area contributed by atoms with E-state index in [4.69, 9.17) is 4.74 Å². The number of hydrazone groups is 1. The summed E-state index contributed by atoms with van der Waals surface area (Å²) in [6, 6.07) is 26.9. The Bertz CT molecular complexity index is 870. The molecular formula is C21H18N2O. The molecule has 0 saturated heterocycles. The molecule has 4 rings (SSSR count). The Balaban J connectivity index is 1.59. The SMILES string of the molecule is Cc1ccccc1N1COC(c2ccc(-c3ccccc3)cc2)=N1. The topological polar surface area (TPSA) is 24.8 Å². The summed E-state index contributed by atoms with van der Waals surface area (Å²) < 4.78 is 5.78. The van der Waals surface area contributed by atoms with Crippen LogP contribution in [0.4, 0.5) is 5.69 Å². The van der Waals surface area contributed by atoms with Gasteiger partial charge in [-0.15, -0.1) is 5.10 Å². The van der Waals surface area contributed by atoms with Crippen molar-refractivity contribution in [1.29, 1.82) is 0 Å². The highest BCUT2D eigenvalue weighted by atomic mass is 16.5. The number of hydrogen-bond acceptors (Lipinski definition) is 3. The molecule has 0 atom stereocenters. The summed E-state index contributed by atoms with van der Waals surface area (Å²) in [7, 11) is 0. The van der Waals surface area contributed by atoms with E-state index in [1.54, 1.807) is 0 Å². The minimum atomic E-state index is 0.445. The Kier molecular flexibility index (Phi) is 3.75. The first-order chi connectivity index (χ1) is 11.8. The first-order valence-electron chi connectivity index (χ1n) is 8.02. The van der Waals surface area contributed by atoms with Gasteiger partial charge in [-0.3, -0.25) is 0 Å². The number of anilines is 1. The second kappa shape index (κ2) is 6.20. The molecule has 0 spiro atoms. The largest absolute Gasteiger partial charge is 0.453 e. The standard InChI is InChI=1S/C21H18N2O/c1-16-7-5-6-10-20(16)23-15-24-21(22-23)19-13-11-18(12-14-19)17-8-3-2-4-9-17/h2-14H,15H2,1H3. The van der Waals surface area contributed by atoms with Crippen LogP contribution in [-0.2, 0) is 4.74 Å². The lowest BCUT2D eigenvalue weighted by molar-refractivity contribution is 0.338. The first-order valence-corrected chi connectivity index (χ1v) is 8.02. The van der Waals surface area contributed by atoms with Gasteiger partial charge in [0.2, 0.25) is 5.90 Å². The molecule has 1 aliphatic heterocycles. The maximum absolute atomic E-state index is 5.78. The molecule has 1 aliphatic rings. The average Bonchev–Trinajstić information content (AvgIpc) is 3.13. The summed E-state index contributed by atoms with van der Waals surface area (Å²) in [5.41, 5.74) is 5.65. The van der Waals surface area contributed by atoms with E-state index < -0.39 is 0 Å². The fraction of sp³-hybridized carbons (Fsp3) is 0.0952. The van der Waals surface area contributed by atoms with Crippen LogP contribution < -0.4 is 5.01 Å². The summed E-state index contributed by atoms with van der Waals surface area (Å²) in [5, 5.41) is 6.52. The summed E-state index contributed by atoms with van der Waals surface area (Å²) in [6.07, 6.45) is 0. The fourth-order valence-electron chi connectivity index (χ4n) is 2.84. The number of nitrogens with zero attached hydrogens (tertiary/aromatic N) is 2. The average molecular weight is 314 g/mol. The lowest BCUT2D eigenvalue weighted by atomic mass is 10.0. The molecule has 3 aromatic carbocycles. The summed E-state index contributed by atoms with van der Waals surface area (Å²) in [5.74, 6) is 0.665. The first kappa shape index (κ1) is 14.5. The van der Waals surface area contributed by atoms with E-state index in [2.05, 4.69) is 60.6 Å². The molecule has 0 saturated carbocycles. The minimum absolute atomic E-state index is 0.445. The van der Waals surface area contributed by atoms with Crippen molar-refractivity contribution in [3.8, 4) is 11.1 Å². The van der Waals surface area contributed by atoms with Crippen molar-refractivity contribution in [2.24, 2.45) is 5.10 Å². The van der Waals surface area contributed by atoms with Gasteiger partial charge in [-0.1, -0.05) is 60.7 Å². The van der Waals surface area contributed by atoms with Crippen molar-refractivity contribution in [2.75, 3.05) is 11.7 Å². The molecule has 3 heteroatoms. The van der Waals surface area contributed by atoms with Crippen molar-refractivity contribution >= 4 is 11.6 Å². The Morgan fingerprint density at radius 2 is 1.38 bits per heavy atom. The van der Waals surface area contributed by atoms with Crippen LogP contribution in [0.5, 0.6) is 0 Å². The molecule has 0 amide bonds. The van der Waals surface area contributed by atoms with E-state index in [1.807, 2.05) is 35.3 Å². The lowest BCUT2D eigenvalue weighted by Crippen LogP contribution is -2.13. The summed E-state index contributed by atoms with van der Waals surface area (Å²) in [6.45, 7) is 2.53. The molecule has 118 valence electrons. The van der Waals surface area contributed by atoms with Gasteiger partial charge in [-0.25, -0.2) is 5.01 Å². The monoisotopic (exact) mass is 314 g/mol. The number of rotatable bonds is 3. The molecule has 1 heterocycles. The van der Waals surface area contributed by atoms with Gasteiger partial charge in [-0.05, 0) is 41.8 Å². The van der Waals surface area contributed by atoms with E-state index in [1.165, 1.54) is 16.7 Å². The minimum Gasteiger partial charge on any atom is -0.453 e. The Morgan fingerprint density at radius 3 is 2.12 bits per heavy atom. The third-order valence-corrected chi connectivity index (χ3v) is 4.17. The molecule has 0 radical (unpaired) electrons. The van der Waals surface area contributed by atoms with Crippen molar-refractivity contribution in [3.05, 3.63) is 90.0 Å². The third kappa shape index (κ3) is 2.76. The number of aryl methyl sites for hydroxylation is 1. The van der Waals surface area contributed by atoms with Crippen molar-refractivity contribution in [2.45, 2.75) is 6.92 Å². The van der Waals surface area contributed by atoms with Crippen LogP contribution in [0, 0.1) is 6.92 Å². The van der Waals surface area contributed by atoms with Crippen LogP contribution in [-0.4, -0.2) is 12.6 Å². The zero-order chi connectivity index (χ0) is 16.4. The number of ether oxygens (including phenoxy) is 1. The predicted octanol–water partition coefficient (Wildman–Crippen LogP) is 4.82. The van der Waals surface area contributed by atoms with Crippen LogP contribution in [0.1, 0.15) is 11.1 Å². The number of para-hydroxylation sites is 1. The van der Waals surface area contributed by atoms with Gasteiger partial charge in [0.25, 0.3) is 0 Å². The zero-order valence-corrected chi connectivity index (χ0v) is 13.5. The van der Waals surface area contributed by atoms with Gasteiger partial charge < -0.3 is 4.74 Å². The smallest absolute Gasteiger partial charge is 0.240 e. The van der Waals surface area contributed by atoms with Crippen molar-refractivity contribution < 1.29 is 4.74 Å². The van der Waals surface area contributed by atoms with Crippen LogP contribution >= 0.6 is 0 Å². The highest BCUT2D eigenvalue weighted by Crippen LogP contribution is 2.25. The van der Waals surface area contributed by atoms with Crippen LogP contribution in [0.15, 0.2) is 84.0 Å². The predicted molar refractivity (Wildman–Crippen MR) is 98.0 cm³/mol. The van der Waals surface area contributed by atoms with Crippen LogP contribution in [0.3, 0.4) is 0 Å². The molecule has 0 unspecified atom stereocenters. The maximum atomic E-state index is 5.78. The van der Waals surface area contributed by atoms with Crippen molar-refractivity contribution in [3.63, 3.8) is 0 Å². The van der Waals surface area contributed by atoms with Gasteiger partial charge >= 0.3 is 0 Å². The van der Waals surface area contributed by atoms with Crippen molar-refractivity contribution in [1.82, 2.24) is 0 Å². The van der Waals surface area contributed by atoms with Gasteiger partial charge in [0.1, 0.15) is 0 Å². The lowest BCUT2D eigenvalue weighted by Gasteiger charge is -2.13. The maximum Gasteiger partial charge on any atom is 0.240 e. The van der Waals surface area contributed by atoms with E-state index in [9.17, 15) is 0 Å². The van der Waals surface area contributed by atoms with Gasteiger partial charge in [-0.2, -0.15) is 0 Å². The zero-order valence-electron chi connectivity index (χ0n) is 13.5. The molecule has 0 fully saturated rings. The number of hydrogen-bond donors (Lipinski definition) is 0. The fourth-order valence-corrected chi connectivity index (χ4v) is 2.84. The Hall–Kier alpha value is -3.07. The molecule has 0 N–H and O–H groups in total. The molecule has 3 nitrogen and oxygen atoms in total. The highest BCUT2D eigenvalue weighted by molar-refractivity contribution is 5.96. The summed E-state index contributed by atoms with van der Waals surface area (Å²) in [4.78, 5) is 0. The van der Waals surface area contributed by atoms with Crippen LogP contribution in [0.25, 0.3) is 11.1 Å². The second-order valence-electron chi connectivity index (χ2n) is 5.81. The Labute approximate surface area is 141 Å². The van der Waals surface area contributed by atoms with Crippen LogP contribution in [0.2, 0.25) is 0 Å². The molecule has 0 aromatic heterocycles. The van der Waals surface area contributed by atoms with E-state index in [0.717, 1.165) is 11.3 Å². The number of benzene rings is 3. The summed E-state index contributed by atoms with van der Waals surface area (Å²) >= 11 is 0. The second-order valence-corrected chi connectivity index (χ2v) is 5.81. The molecule has 0 aliphatic carbocycles. The molecule has 0 bridgehead atoms. The van der Waals surface area contributed by atoms with Gasteiger partial charge in [0.15, 0.2) is 6.73 Å². The normalized spacial score (nSPS) is 13.5. The quantitative estimate of drug-likeness (QED) is 0.692. The third-order valence-electron chi connectivity index (χ3n) is 4.17. The van der Waals surface area contributed by atoms with E-state index >= 15 is 0 Å². The van der Waals surface area contributed by atoms with E-state index in [-0.39, 0.29) is 0 Å². The molecule has 3 aromatic rings. The van der Waals surface area contributed by atoms with E-state index in [0.29, 0.717) is 12.6 Å². The Morgan fingerprint density at radius 1 is 0.750 bits per heavy atom. The highest BCUT2D eigenvalue weighted by Gasteiger charge is 2.19. The molecule has 24 heavy (non-hydrogen) atoms. The van der Waals surface area contributed by atoms with Gasteiger partial charge in [0.05, 0.1) is 5.69 Å². The molecular weight excluding hydrogens is 296 g/mol.